The van der Waals surface area contributed by atoms with Crippen molar-refractivity contribution in [3.05, 3.63) is 75.9 Å². The van der Waals surface area contributed by atoms with Gasteiger partial charge < -0.3 is 13.8 Å². The monoisotopic (exact) mass is 465 g/mol. The molecule has 4 heterocycles. The molecule has 0 aliphatic heterocycles. The van der Waals surface area contributed by atoms with E-state index in [0.717, 1.165) is 24.1 Å². The molecule has 1 aromatic carbocycles. The summed E-state index contributed by atoms with van der Waals surface area (Å²) in [5.41, 5.74) is 1.31. The predicted octanol–water partition coefficient (Wildman–Crippen LogP) is 4.85. The molecule has 0 amide bonds. The van der Waals surface area contributed by atoms with E-state index in [9.17, 15) is 9.18 Å². The number of hydrogen-bond donors (Lipinski definition) is 1. The number of furan rings is 1. The van der Waals surface area contributed by atoms with Gasteiger partial charge in [0.05, 0.1) is 24.7 Å². The van der Waals surface area contributed by atoms with Crippen LogP contribution in [0.4, 0.5) is 4.39 Å². The Morgan fingerprint density at radius 2 is 2.00 bits per heavy atom. The number of aromatic amines is 1. The first-order valence-corrected chi connectivity index (χ1v) is 11.3. The smallest absolute Gasteiger partial charge is 0.283 e. The number of benzene rings is 1. The average Bonchev–Trinajstić information content (AvgIpc) is 3.55. The number of thiophene rings is 1. The summed E-state index contributed by atoms with van der Waals surface area (Å²) in [6, 6.07) is 9.60. The van der Waals surface area contributed by atoms with Crippen LogP contribution in [0.25, 0.3) is 33.0 Å². The van der Waals surface area contributed by atoms with E-state index < -0.39 is 0 Å². The molecule has 168 valence electrons. The van der Waals surface area contributed by atoms with Crippen LogP contribution in [0.3, 0.4) is 0 Å². The Bertz CT molecular complexity index is 1420. The van der Waals surface area contributed by atoms with Crippen molar-refractivity contribution in [3.8, 4) is 22.8 Å². The molecule has 33 heavy (non-hydrogen) atoms. The lowest BCUT2D eigenvalue weighted by molar-refractivity contribution is 0.226. The Morgan fingerprint density at radius 1 is 1.15 bits per heavy atom. The summed E-state index contributed by atoms with van der Waals surface area (Å²) in [6.07, 6.45) is 2.45. The first-order valence-electron chi connectivity index (χ1n) is 10.5. The van der Waals surface area contributed by atoms with Gasteiger partial charge in [0.15, 0.2) is 5.76 Å². The predicted molar refractivity (Wildman–Crippen MR) is 122 cm³/mol. The Kier molecular flexibility index (Phi) is 5.84. The zero-order valence-electron chi connectivity index (χ0n) is 17.7. The lowest BCUT2D eigenvalue weighted by Gasteiger charge is -2.18. The number of hydrogen-bond acceptors (Lipinski definition) is 8. The van der Waals surface area contributed by atoms with Gasteiger partial charge in [-0.3, -0.25) is 9.69 Å². The van der Waals surface area contributed by atoms with E-state index in [1.165, 1.54) is 23.5 Å². The maximum Gasteiger partial charge on any atom is 0.283 e. The van der Waals surface area contributed by atoms with E-state index in [-0.39, 0.29) is 11.4 Å². The number of rotatable bonds is 8. The summed E-state index contributed by atoms with van der Waals surface area (Å²) < 4.78 is 24.3. The fourth-order valence-electron chi connectivity index (χ4n) is 3.66. The van der Waals surface area contributed by atoms with Gasteiger partial charge in [0.2, 0.25) is 5.89 Å². The molecule has 0 aliphatic rings. The zero-order chi connectivity index (χ0) is 22.8. The zero-order valence-corrected chi connectivity index (χ0v) is 18.6. The quantitative estimate of drug-likeness (QED) is 0.350. The minimum Gasteiger partial charge on any atom is -0.459 e. The molecule has 0 saturated carbocycles. The van der Waals surface area contributed by atoms with Crippen LogP contribution in [0.15, 0.2) is 61.7 Å². The van der Waals surface area contributed by atoms with Crippen molar-refractivity contribution in [1.29, 1.82) is 0 Å². The van der Waals surface area contributed by atoms with E-state index in [4.69, 9.17) is 8.83 Å². The molecule has 0 saturated heterocycles. The Hall–Kier alpha value is -3.63. The molecule has 8 nitrogen and oxygen atoms in total. The largest absolute Gasteiger partial charge is 0.459 e. The van der Waals surface area contributed by atoms with Crippen LogP contribution in [0.2, 0.25) is 0 Å². The molecule has 0 unspecified atom stereocenters. The van der Waals surface area contributed by atoms with Crippen molar-refractivity contribution in [2.24, 2.45) is 0 Å². The third kappa shape index (κ3) is 4.48. The highest BCUT2D eigenvalue weighted by atomic mass is 32.1. The van der Waals surface area contributed by atoms with Gasteiger partial charge in [0.25, 0.3) is 11.4 Å². The van der Waals surface area contributed by atoms with Gasteiger partial charge in [-0.2, -0.15) is 0 Å². The van der Waals surface area contributed by atoms with Gasteiger partial charge >= 0.3 is 0 Å². The minimum atomic E-state index is -0.318. The van der Waals surface area contributed by atoms with Crippen molar-refractivity contribution in [2.45, 2.75) is 26.4 Å². The molecule has 5 aromatic rings. The standard InChI is InChI=1S/C23H20FN5O3S/c1-2-9-29(12-19-27-28-22(32-19)17-4-3-10-31-17)11-18-25-21(30)20-16(13-33-23(20)26-18)14-5-7-15(24)8-6-14/h3-8,10,13H,2,9,11-12H2,1H3,(H,25,26,30). The minimum absolute atomic E-state index is 0.218. The fourth-order valence-corrected chi connectivity index (χ4v) is 4.63. The normalized spacial score (nSPS) is 11.6. The van der Waals surface area contributed by atoms with E-state index in [0.29, 0.717) is 46.7 Å². The van der Waals surface area contributed by atoms with Crippen LogP contribution in [0.5, 0.6) is 0 Å². The Labute approximate surface area is 191 Å². The molecule has 0 radical (unpaired) electrons. The van der Waals surface area contributed by atoms with Crippen LogP contribution in [0.1, 0.15) is 25.1 Å². The van der Waals surface area contributed by atoms with Crippen LogP contribution < -0.4 is 5.56 Å². The highest BCUT2D eigenvalue weighted by Crippen LogP contribution is 2.31. The highest BCUT2D eigenvalue weighted by Gasteiger charge is 2.17. The van der Waals surface area contributed by atoms with Crippen molar-refractivity contribution in [3.63, 3.8) is 0 Å². The SMILES string of the molecule is CCCN(Cc1nc2scc(-c3ccc(F)cc3)c2c(=O)[nH]1)Cc1nnc(-c2ccco2)o1. The van der Waals surface area contributed by atoms with Crippen molar-refractivity contribution in [2.75, 3.05) is 6.54 Å². The van der Waals surface area contributed by atoms with Gasteiger partial charge in [0.1, 0.15) is 16.5 Å². The van der Waals surface area contributed by atoms with E-state index in [1.807, 2.05) is 5.38 Å². The summed E-state index contributed by atoms with van der Waals surface area (Å²) in [7, 11) is 0. The molecular weight excluding hydrogens is 445 g/mol. The lowest BCUT2D eigenvalue weighted by atomic mass is 10.1. The number of aromatic nitrogens is 4. The van der Waals surface area contributed by atoms with Crippen molar-refractivity contribution >= 4 is 21.6 Å². The van der Waals surface area contributed by atoms with Crippen molar-refractivity contribution in [1.82, 2.24) is 25.1 Å². The first kappa shape index (κ1) is 21.2. The number of fused-ring (bicyclic) bond motifs is 1. The van der Waals surface area contributed by atoms with Gasteiger partial charge in [-0.15, -0.1) is 21.5 Å². The molecule has 0 spiro atoms. The van der Waals surface area contributed by atoms with E-state index >= 15 is 0 Å². The molecule has 0 atom stereocenters. The molecule has 10 heteroatoms. The van der Waals surface area contributed by atoms with Crippen molar-refractivity contribution < 1.29 is 13.2 Å². The van der Waals surface area contributed by atoms with Crippen LogP contribution in [0, 0.1) is 5.82 Å². The fraction of sp³-hybridized carbons (Fsp3) is 0.217. The molecule has 1 N–H and O–H groups in total. The first-order chi connectivity index (χ1) is 16.1. The van der Waals surface area contributed by atoms with E-state index in [2.05, 4.69) is 32.0 Å². The third-order valence-corrected chi connectivity index (χ3v) is 5.99. The number of halogens is 1. The summed E-state index contributed by atoms with van der Waals surface area (Å²) in [5, 5.41) is 10.5. The summed E-state index contributed by atoms with van der Waals surface area (Å²) in [5.74, 6) is 1.53. The molecule has 4 aromatic heterocycles. The average molecular weight is 466 g/mol. The summed E-state index contributed by atoms with van der Waals surface area (Å²) >= 11 is 1.39. The summed E-state index contributed by atoms with van der Waals surface area (Å²) in [6.45, 7) is 3.66. The molecular formula is C23H20FN5O3S. The number of nitrogens with zero attached hydrogens (tertiary/aromatic N) is 4. The maximum absolute atomic E-state index is 13.3. The molecule has 0 aliphatic carbocycles. The number of H-pyrrole nitrogens is 1. The maximum atomic E-state index is 13.3. The van der Waals surface area contributed by atoms with Gasteiger partial charge in [-0.1, -0.05) is 19.1 Å². The molecule has 0 bridgehead atoms. The van der Waals surface area contributed by atoms with Gasteiger partial charge in [-0.25, -0.2) is 9.37 Å². The Balaban J connectivity index is 1.38. The number of nitrogens with one attached hydrogen (secondary N) is 1. The highest BCUT2D eigenvalue weighted by molar-refractivity contribution is 7.17. The van der Waals surface area contributed by atoms with Crippen LogP contribution >= 0.6 is 11.3 Å². The molecule has 0 fully saturated rings. The molecule has 5 rings (SSSR count). The van der Waals surface area contributed by atoms with Gasteiger partial charge in [0, 0.05) is 10.9 Å². The topological polar surface area (TPSA) is 101 Å². The second-order valence-corrected chi connectivity index (χ2v) is 8.40. The van der Waals surface area contributed by atoms with E-state index in [1.54, 1.807) is 30.5 Å². The lowest BCUT2D eigenvalue weighted by Crippen LogP contribution is -2.26. The van der Waals surface area contributed by atoms with Gasteiger partial charge in [-0.05, 0) is 42.8 Å². The van der Waals surface area contributed by atoms with Crippen LogP contribution in [-0.4, -0.2) is 31.6 Å². The van der Waals surface area contributed by atoms with Crippen LogP contribution in [-0.2, 0) is 13.1 Å². The summed E-state index contributed by atoms with van der Waals surface area (Å²) in [4.78, 5) is 23.2. The second-order valence-electron chi connectivity index (χ2n) is 7.54. The second kappa shape index (κ2) is 9.08. The third-order valence-electron chi connectivity index (χ3n) is 5.12. The Morgan fingerprint density at radius 3 is 2.76 bits per heavy atom.